The Morgan fingerprint density at radius 3 is 2.71 bits per heavy atom. The van der Waals surface area contributed by atoms with Crippen molar-refractivity contribution in [1.29, 1.82) is 0 Å². The van der Waals surface area contributed by atoms with Gasteiger partial charge in [-0.05, 0) is 6.07 Å². The third-order valence-electron chi connectivity index (χ3n) is 3.01. The number of nitrogen functional groups attached to an aromatic ring is 1. The Hall–Kier alpha value is -1.93. The van der Waals surface area contributed by atoms with Crippen LogP contribution in [0.15, 0.2) is 17.1 Å². The highest BCUT2D eigenvalue weighted by atomic mass is 16.6. The Kier molecular flexibility index (Phi) is 5.86. The van der Waals surface area contributed by atoms with Gasteiger partial charge in [-0.3, -0.25) is 9.36 Å². The molecule has 0 saturated heterocycles. The molecule has 1 rings (SSSR count). The quantitative estimate of drug-likeness (QED) is 0.524. The number of ether oxygens (including phenoxy) is 2. The summed E-state index contributed by atoms with van der Waals surface area (Å²) >= 11 is 0. The van der Waals surface area contributed by atoms with E-state index in [2.05, 4.69) is 4.98 Å². The minimum absolute atomic E-state index is 0.0856. The van der Waals surface area contributed by atoms with Crippen molar-refractivity contribution >= 4 is 11.8 Å². The molecule has 8 nitrogen and oxygen atoms in total. The summed E-state index contributed by atoms with van der Waals surface area (Å²) in [6.45, 7) is 3.65. The SMILES string of the molecule is CO[C@@](N)(CCn1ccc(N)nc1=O)COC(=O)C(C)C. The smallest absolute Gasteiger partial charge is 0.349 e. The number of esters is 1. The van der Waals surface area contributed by atoms with Crippen LogP contribution in [0.2, 0.25) is 0 Å². The standard InChI is InChI=1S/C13H22N4O4/c1-9(2)11(18)21-8-13(15,20-3)5-7-17-6-4-10(14)16-12(17)19/h4,6,9H,5,7-8,15H2,1-3H3,(H2,14,16,19)/t13-/m0/s1. The molecule has 0 spiro atoms. The number of aromatic nitrogens is 2. The predicted octanol–water partition coefficient (Wildman–Crippen LogP) is -0.284. The molecule has 8 heteroatoms. The van der Waals surface area contributed by atoms with Gasteiger partial charge in [0.25, 0.3) is 0 Å². The number of aryl methyl sites for hydroxylation is 1. The number of rotatable bonds is 7. The normalized spacial score (nSPS) is 14.0. The van der Waals surface area contributed by atoms with Crippen LogP contribution in [-0.4, -0.2) is 35.0 Å². The van der Waals surface area contributed by atoms with Crippen LogP contribution in [0.5, 0.6) is 0 Å². The van der Waals surface area contributed by atoms with Crippen molar-refractivity contribution in [3.63, 3.8) is 0 Å². The molecular formula is C13H22N4O4. The summed E-state index contributed by atoms with van der Waals surface area (Å²) in [5, 5.41) is 0. The number of nitrogens with two attached hydrogens (primary N) is 2. The van der Waals surface area contributed by atoms with Crippen molar-refractivity contribution < 1.29 is 14.3 Å². The molecule has 0 fully saturated rings. The van der Waals surface area contributed by atoms with Crippen LogP contribution in [0, 0.1) is 5.92 Å². The second kappa shape index (κ2) is 7.19. The van der Waals surface area contributed by atoms with Crippen LogP contribution in [0.3, 0.4) is 0 Å². The van der Waals surface area contributed by atoms with E-state index < -0.39 is 11.4 Å². The van der Waals surface area contributed by atoms with Crippen LogP contribution < -0.4 is 17.2 Å². The number of anilines is 1. The molecule has 0 bridgehead atoms. The second-order valence-corrected chi connectivity index (χ2v) is 5.11. The third kappa shape index (κ3) is 5.16. The molecule has 0 aliphatic carbocycles. The van der Waals surface area contributed by atoms with Gasteiger partial charge in [0, 0.05) is 26.3 Å². The fraction of sp³-hybridized carbons (Fsp3) is 0.615. The van der Waals surface area contributed by atoms with Crippen molar-refractivity contribution in [3.8, 4) is 0 Å². The third-order valence-corrected chi connectivity index (χ3v) is 3.01. The summed E-state index contributed by atoms with van der Waals surface area (Å²) in [7, 11) is 1.42. The Morgan fingerprint density at radius 1 is 1.52 bits per heavy atom. The van der Waals surface area contributed by atoms with E-state index in [1.54, 1.807) is 13.8 Å². The topological polar surface area (TPSA) is 122 Å². The molecule has 0 amide bonds. The predicted molar refractivity (Wildman–Crippen MR) is 77.3 cm³/mol. The van der Waals surface area contributed by atoms with Gasteiger partial charge in [-0.2, -0.15) is 4.98 Å². The first kappa shape index (κ1) is 17.1. The first-order valence-electron chi connectivity index (χ1n) is 6.61. The van der Waals surface area contributed by atoms with Crippen molar-refractivity contribution in [2.24, 2.45) is 11.7 Å². The Morgan fingerprint density at radius 2 is 2.19 bits per heavy atom. The number of carbonyl (C=O) groups is 1. The molecule has 1 aromatic heterocycles. The van der Waals surface area contributed by atoms with E-state index in [4.69, 9.17) is 20.9 Å². The lowest BCUT2D eigenvalue weighted by Crippen LogP contribution is -2.48. The van der Waals surface area contributed by atoms with Crippen molar-refractivity contribution in [1.82, 2.24) is 9.55 Å². The van der Waals surface area contributed by atoms with E-state index in [9.17, 15) is 9.59 Å². The van der Waals surface area contributed by atoms with E-state index in [1.165, 1.54) is 23.9 Å². The molecule has 0 aliphatic heterocycles. The zero-order valence-corrected chi connectivity index (χ0v) is 12.5. The van der Waals surface area contributed by atoms with E-state index in [-0.39, 0.29) is 37.3 Å². The number of hydrogen-bond donors (Lipinski definition) is 2. The van der Waals surface area contributed by atoms with E-state index in [0.29, 0.717) is 0 Å². The van der Waals surface area contributed by atoms with Gasteiger partial charge in [0.2, 0.25) is 0 Å². The van der Waals surface area contributed by atoms with Gasteiger partial charge >= 0.3 is 11.7 Å². The number of methoxy groups -OCH3 is 1. The summed E-state index contributed by atoms with van der Waals surface area (Å²) < 4.78 is 11.6. The van der Waals surface area contributed by atoms with E-state index in [1.807, 2.05) is 0 Å². The van der Waals surface area contributed by atoms with Gasteiger partial charge in [-0.1, -0.05) is 13.8 Å². The Balaban J connectivity index is 2.64. The van der Waals surface area contributed by atoms with Crippen LogP contribution in [-0.2, 0) is 20.8 Å². The minimum atomic E-state index is -1.16. The average molecular weight is 298 g/mol. The van der Waals surface area contributed by atoms with Gasteiger partial charge in [-0.25, -0.2) is 4.79 Å². The largest absolute Gasteiger partial charge is 0.461 e. The highest BCUT2D eigenvalue weighted by molar-refractivity contribution is 5.71. The fourth-order valence-corrected chi connectivity index (χ4v) is 1.52. The van der Waals surface area contributed by atoms with Gasteiger partial charge in [0.15, 0.2) is 5.72 Å². The van der Waals surface area contributed by atoms with Crippen molar-refractivity contribution in [2.45, 2.75) is 32.5 Å². The van der Waals surface area contributed by atoms with Crippen LogP contribution in [0.1, 0.15) is 20.3 Å². The van der Waals surface area contributed by atoms with Crippen LogP contribution in [0.4, 0.5) is 5.82 Å². The molecule has 0 aliphatic rings. The van der Waals surface area contributed by atoms with Crippen molar-refractivity contribution in [3.05, 3.63) is 22.7 Å². The molecule has 1 heterocycles. The van der Waals surface area contributed by atoms with Gasteiger partial charge in [0.1, 0.15) is 12.4 Å². The van der Waals surface area contributed by atoms with Crippen LogP contribution >= 0.6 is 0 Å². The Bertz CT molecular complexity index is 543. The molecule has 21 heavy (non-hydrogen) atoms. The molecule has 0 radical (unpaired) electrons. The maximum Gasteiger partial charge on any atom is 0.349 e. The lowest BCUT2D eigenvalue weighted by Gasteiger charge is -2.27. The van der Waals surface area contributed by atoms with E-state index >= 15 is 0 Å². The zero-order chi connectivity index (χ0) is 16.0. The molecule has 4 N–H and O–H groups in total. The highest BCUT2D eigenvalue weighted by Crippen LogP contribution is 2.11. The number of carbonyl (C=O) groups excluding carboxylic acids is 1. The maximum absolute atomic E-state index is 11.6. The average Bonchev–Trinajstić information content (AvgIpc) is 2.43. The summed E-state index contributed by atoms with van der Waals surface area (Å²) in [5.41, 5.74) is 9.80. The van der Waals surface area contributed by atoms with E-state index in [0.717, 1.165) is 0 Å². The maximum atomic E-state index is 11.6. The molecule has 0 saturated carbocycles. The molecule has 0 aromatic carbocycles. The van der Waals surface area contributed by atoms with Gasteiger partial charge in [-0.15, -0.1) is 0 Å². The first-order valence-corrected chi connectivity index (χ1v) is 6.61. The van der Waals surface area contributed by atoms with Gasteiger partial charge < -0.3 is 20.9 Å². The molecule has 1 aromatic rings. The second-order valence-electron chi connectivity index (χ2n) is 5.11. The zero-order valence-electron chi connectivity index (χ0n) is 12.5. The Labute approximate surface area is 123 Å². The number of hydrogen-bond acceptors (Lipinski definition) is 7. The molecule has 118 valence electrons. The number of nitrogens with zero attached hydrogens (tertiary/aromatic N) is 2. The summed E-state index contributed by atoms with van der Waals surface area (Å²) in [6.07, 6.45) is 1.81. The lowest BCUT2D eigenvalue weighted by atomic mass is 10.1. The van der Waals surface area contributed by atoms with Gasteiger partial charge in [0.05, 0.1) is 5.92 Å². The van der Waals surface area contributed by atoms with Crippen molar-refractivity contribution in [2.75, 3.05) is 19.5 Å². The first-order chi connectivity index (χ1) is 9.77. The summed E-state index contributed by atoms with van der Waals surface area (Å²) in [4.78, 5) is 26.7. The molecular weight excluding hydrogens is 276 g/mol. The summed E-state index contributed by atoms with van der Waals surface area (Å²) in [6, 6.07) is 1.52. The molecule has 0 unspecified atom stereocenters. The molecule has 1 atom stereocenters. The fourth-order valence-electron chi connectivity index (χ4n) is 1.52. The lowest BCUT2D eigenvalue weighted by molar-refractivity contribution is -0.157. The van der Waals surface area contributed by atoms with Crippen LogP contribution in [0.25, 0.3) is 0 Å². The summed E-state index contributed by atoms with van der Waals surface area (Å²) in [5.74, 6) is -0.434. The minimum Gasteiger partial charge on any atom is -0.461 e. The highest BCUT2D eigenvalue weighted by Gasteiger charge is 2.27. The monoisotopic (exact) mass is 298 g/mol.